The molecule has 0 spiro atoms. The number of fused-ring (bicyclic) bond motifs is 1. The highest BCUT2D eigenvalue weighted by Crippen LogP contribution is 2.30. The lowest BCUT2D eigenvalue weighted by atomic mass is 10.1. The number of urea groups is 1. The molecule has 6 heteroatoms. The van der Waals surface area contributed by atoms with Gasteiger partial charge >= 0.3 is 6.03 Å². The van der Waals surface area contributed by atoms with E-state index in [1.165, 1.54) is 0 Å². The molecule has 19 heavy (non-hydrogen) atoms. The lowest BCUT2D eigenvalue weighted by molar-refractivity contribution is -0.120. The molecule has 2 aromatic rings. The summed E-state index contributed by atoms with van der Waals surface area (Å²) in [6, 6.07) is 5.29. The van der Waals surface area contributed by atoms with E-state index < -0.39 is 0 Å². The Hall–Kier alpha value is -1.95. The van der Waals surface area contributed by atoms with E-state index in [2.05, 4.69) is 26.2 Å². The highest BCUT2D eigenvalue weighted by Gasteiger charge is 2.24. The van der Waals surface area contributed by atoms with Crippen LogP contribution in [0.25, 0.3) is 10.8 Å². The molecule has 3 rings (SSSR count). The number of hydrogen-bond donors (Lipinski definition) is 1. The number of halogens is 1. The van der Waals surface area contributed by atoms with Gasteiger partial charge in [0.1, 0.15) is 0 Å². The second-order valence-electron chi connectivity index (χ2n) is 4.28. The van der Waals surface area contributed by atoms with Crippen molar-refractivity contribution in [2.45, 2.75) is 6.42 Å². The first-order valence-electron chi connectivity index (χ1n) is 5.80. The van der Waals surface area contributed by atoms with Crippen LogP contribution in [0.1, 0.15) is 6.42 Å². The van der Waals surface area contributed by atoms with Gasteiger partial charge in [0.15, 0.2) is 0 Å². The minimum Gasteiger partial charge on any atom is -0.294 e. The van der Waals surface area contributed by atoms with Crippen LogP contribution >= 0.6 is 15.9 Å². The molecule has 1 aliphatic heterocycles. The fourth-order valence-electron chi connectivity index (χ4n) is 2.11. The molecule has 0 bridgehead atoms. The van der Waals surface area contributed by atoms with Crippen LogP contribution in [0.4, 0.5) is 10.5 Å². The monoisotopic (exact) mass is 319 g/mol. The minimum atomic E-state index is -0.383. The number of anilines is 1. The van der Waals surface area contributed by atoms with Gasteiger partial charge in [-0.2, -0.15) is 0 Å². The van der Waals surface area contributed by atoms with Gasteiger partial charge in [-0.25, -0.2) is 4.79 Å². The predicted molar refractivity (Wildman–Crippen MR) is 74.9 cm³/mol. The fourth-order valence-corrected chi connectivity index (χ4v) is 2.71. The van der Waals surface area contributed by atoms with Crippen molar-refractivity contribution in [3.05, 3.63) is 35.1 Å². The Kier molecular flexibility index (Phi) is 2.94. The second-order valence-corrected chi connectivity index (χ2v) is 5.13. The zero-order valence-electron chi connectivity index (χ0n) is 9.89. The van der Waals surface area contributed by atoms with Crippen LogP contribution in [0.2, 0.25) is 0 Å². The van der Waals surface area contributed by atoms with E-state index >= 15 is 0 Å². The van der Waals surface area contributed by atoms with E-state index in [1.807, 2.05) is 18.2 Å². The zero-order chi connectivity index (χ0) is 13.4. The zero-order valence-corrected chi connectivity index (χ0v) is 11.5. The highest BCUT2D eigenvalue weighted by atomic mass is 79.9. The third kappa shape index (κ3) is 2.19. The number of carbonyl (C=O) groups is 2. The van der Waals surface area contributed by atoms with Crippen molar-refractivity contribution >= 4 is 44.3 Å². The fraction of sp³-hybridized carbons (Fsp3) is 0.154. The Bertz CT molecular complexity index is 687. The molecule has 1 saturated heterocycles. The summed E-state index contributed by atoms with van der Waals surface area (Å²) in [4.78, 5) is 28.6. The van der Waals surface area contributed by atoms with Gasteiger partial charge in [0.25, 0.3) is 0 Å². The van der Waals surface area contributed by atoms with Crippen molar-refractivity contribution in [3.8, 4) is 0 Å². The maximum atomic E-state index is 11.8. The molecule has 0 saturated carbocycles. The number of nitrogens with zero attached hydrogens (tertiary/aromatic N) is 2. The summed E-state index contributed by atoms with van der Waals surface area (Å²) >= 11 is 3.49. The summed E-state index contributed by atoms with van der Waals surface area (Å²) in [6.45, 7) is 0.392. The summed E-state index contributed by atoms with van der Waals surface area (Å²) in [7, 11) is 0. The number of pyridine rings is 1. The number of imide groups is 1. The number of aromatic nitrogens is 1. The SMILES string of the molecule is O=C1CCN(c2cc(Br)c3ccncc3c2)C(=O)N1. The molecule has 0 unspecified atom stereocenters. The van der Waals surface area contributed by atoms with Gasteiger partial charge in [0, 0.05) is 40.9 Å². The van der Waals surface area contributed by atoms with E-state index in [1.54, 1.807) is 17.3 Å². The lowest BCUT2D eigenvalue weighted by Crippen LogP contribution is -2.49. The van der Waals surface area contributed by atoms with E-state index in [4.69, 9.17) is 0 Å². The first-order valence-corrected chi connectivity index (χ1v) is 6.59. The number of rotatable bonds is 1. The number of carbonyl (C=O) groups excluding carboxylic acids is 2. The molecule has 96 valence electrons. The third-order valence-electron chi connectivity index (χ3n) is 3.05. The summed E-state index contributed by atoms with van der Waals surface area (Å²) in [5, 5.41) is 4.29. The molecular weight excluding hydrogens is 310 g/mol. The van der Waals surface area contributed by atoms with Gasteiger partial charge in [0.2, 0.25) is 5.91 Å². The summed E-state index contributed by atoms with van der Waals surface area (Å²) in [5.41, 5.74) is 0.748. The van der Waals surface area contributed by atoms with Crippen LogP contribution in [0.5, 0.6) is 0 Å². The Morgan fingerprint density at radius 2 is 2.16 bits per heavy atom. The minimum absolute atomic E-state index is 0.234. The molecular formula is C13H10BrN3O2. The van der Waals surface area contributed by atoms with Crippen molar-refractivity contribution in [2.24, 2.45) is 0 Å². The summed E-state index contributed by atoms with van der Waals surface area (Å²) < 4.78 is 0.895. The second kappa shape index (κ2) is 4.62. The number of nitrogens with one attached hydrogen (secondary N) is 1. The van der Waals surface area contributed by atoms with E-state index in [0.717, 1.165) is 20.9 Å². The third-order valence-corrected chi connectivity index (χ3v) is 3.71. The maximum Gasteiger partial charge on any atom is 0.328 e. The molecule has 1 fully saturated rings. The van der Waals surface area contributed by atoms with Gasteiger partial charge in [0.05, 0.1) is 0 Å². The molecule has 0 atom stereocenters. The van der Waals surface area contributed by atoms with Gasteiger partial charge in [-0.1, -0.05) is 15.9 Å². The van der Waals surface area contributed by atoms with Crippen LogP contribution in [-0.4, -0.2) is 23.5 Å². The number of benzene rings is 1. The molecule has 2 heterocycles. The van der Waals surface area contributed by atoms with Gasteiger partial charge in [-0.15, -0.1) is 0 Å². The highest BCUT2D eigenvalue weighted by molar-refractivity contribution is 9.10. The lowest BCUT2D eigenvalue weighted by Gasteiger charge is -2.27. The summed E-state index contributed by atoms with van der Waals surface area (Å²) in [6.07, 6.45) is 3.78. The van der Waals surface area contributed by atoms with Gasteiger partial charge in [-0.05, 0) is 23.6 Å². The van der Waals surface area contributed by atoms with E-state index in [0.29, 0.717) is 13.0 Å². The number of amides is 3. The predicted octanol–water partition coefficient (Wildman–Crippen LogP) is 2.44. The summed E-state index contributed by atoms with van der Waals surface area (Å²) in [5.74, 6) is -0.234. The standard InChI is InChI=1S/C13H10BrN3O2/c14-11-6-9(5-8-7-15-3-1-10(8)11)17-4-2-12(18)16-13(17)19/h1,3,5-7H,2,4H2,(H,16,18,19). The topological polar surface area (TPSA) is 62.3 Å². The van der Waals surface area contributed by atoms with E-state index in [-0.39, 0.29) is 11.9 Å². The molecule has 1 N–H and O–H groups in total. The van der Waals surface area contributed by atoms with Crippen LogP contribution in [0.3, 0.4) is 0 Å². The van der Waals surface area contributed by atoms with Crippen molar-refractivity contribution in [1.82, 2.24) is 10.3 Å². The van der Waals surface area contributed by atoms with Crippen LogP contribution in [0.15, 0.2) is 35.1 Å². The molecule has 1 aromatic heterocycles. The smallest absolute Gasteiger partial charge is 0.294 e. The quantitative estimate of drug-likeness (QED) is 0.878. The molecule has 0 aliphatic carbocycles. The maximum absolute atomic E-state index is 11.8. The Morgan fingerprint density at radius 1 is 1.32 bits per heavy atom. The average molecular weight is 320 g/mol. The van der Waals surface area contributed by atoms with E-state index in [9.17, 15) is 9.59 Å². The van der Waals surface area contributed by atoms with Crippen LogP contribution in [-0.2, 0) is 4.79 Å². The normalized spacial score (nSPS) is 15.7. The Balaban J connectivity index is 2.06. The average Bonchev–Trinajstić information content (AvgIpc) is 2.38. The van der Waals surface area contributed by atoms with Gasteiger partial charge < -0.3 is 0 Å². The molecule has 1 aromatic carbocycles. The van der Waals surface area contributed by atoms with Crippen molar-refractivity contribution in [1.29, 1.82) is 0 Å². The van der Waals surface area contributed by atoms with Gasteiger partial charge in [-0.3, -0.25) is 20.0 Å². The van der Waals surface area contributed by atoms with Crippen molar-refractivity contribution in [2.75, 3.05) is 11.4 Å². The Labute approximate surface area is 117 Å². The first kappa shape index (κ1) is 12.1. The van der Waals surface area contributed by atoms with Crippen molar-refractivity contribution in [3.63, 3.8) is 0 Å². The van der Waals surface area contributed by atoms with Crippen LogP contribution in [0, 0.1) is 0 Å². The molecule has 3 amide bonds. The van der Waals surface area contributed by atoms with Crippen LogP contribution < -0.4 is 10.2 Å². The first-order chi connectivity index (χ1) is 9.15. The molecule has 5 nitrogen and oxygen atoms in total. The largest absolute Gasteiger partial charge is 0.328 e. The number of hydrogen-bond acceptors (Lipinski definition) is 3. The molecule has 0 radical (unpaired) electrons. The Morgan fingerprint density at radius 3 is 2.95 bits per heavy atom. The van der Waals surface area contributed by atoms with Crippen molar-refractivity contribution < 1.29 is 9.59 Å². The molecule has 1 aliphatic rings.